The Balaban J connectivity index is 2.52. The van der Waals surface area contributed by atoms with Crippen molar-refractivity contribution in [3.63, 3.8) is 0 Å². The van der Waals surface area contributed by atoms with Crippen molar-refractivity contribution in [2.45, 2.75) is 70.6 Å². The predicted molar refractivity (Wildman–Crippen MR) is 81.4 cm³/mol. The van der Waals surface area contributed by atoms with Crippen molar-refractivity contribution in [2.24, 2.45) is 11.8 Å². The summed E-state index contributed by atoms with van der Waals surface area (Å²) < 4.78 is 38.5. The lowest BCUT2D eigenvalue weighted by molar-refractivity contribution is -0.183. The Morgan fingerprint density at radius 3 is 2.24 bits per heavy atom. The quantitative estimate of drug-likeness (QED) is 0.763. The third-order valence-electron chi connectivity index (χ3n) is 5.01. The molecule has 0 saturated heterocycles. The molecule has 0 bridgehead atoms. The molecule has 0 amide bonds. The van der Waals surface area contributed by atoms with Crippen LogP contribution in [-0.4, -0.2) is 43.8 Å². The number of halogens is 3. The molecule has 0 aromatic heterocycles. The van der Waals surface area contributed by atoms with Crippen LogP contribution in [0.3, 0.4) is 0 Å². The topological polar surface area (TPSA) is 15.3 Å². The summed E-state index contributed by atoms with van der Waals surface area (Å²) in [5.74, 6) is -0.524. The van der Waals surface area contributed by atoms with Gasteiger partial charge in [-0.2, -0.15) is 13.2 Å². The number of rotatable bonds is 7. The van der Waals surface area contributed by atoms with Crippen LogP contribution in [-0.2, 0) is 0 Å². The number of nitrogens with one attached hydrogen (secondary N) is 1. The molecular formula is C16H31F3N2. The van der Waals surface area contributed by atoms with E-state index in [9.17, 15) is 13.2 Å². The molecule has 0 aliphatic heterocycles. The molecule has 126 valence electrons. The molecule has 1 saturated carbocycles. The van der Waals surface area contributed by atoms with E-state index >= 15 is 0 Å². The highest BCUT2D eigenvalue weighted by Crippen LogP contribution is 2.37. The Morgan fingerprint density at radius 2 is 1.76 bits per heavy atom. The Labute approximate surface area is 127 Å². The van der Waals surface area contributed by atoms with Gasteiger partial charge in [0.1, 0.15) is 0 Å². The summed E-state index contributed by atoms with van der Waals surface area (Å²) in [6, 6.07) is 0.411. The van der Waals surface area contributed by atoms with Crippen LogP contribution in [0.2, 0.25) is 0 Å². The van der Waals surface area contributed by atoms with Crippen molar-refractivity contribution < 1.29 is 13.2 Å². The van der Waals surface area contributed by atoms with Gasteiger partial charge in [-0.05, 0) is 39.3 Å². The molecule has 2 nitrogen and oxygen atoms in total. The van der Waals surface area contributed by atoms with Gasteiger partial charge >= 0.3 is 6.18 Å². The molecule has 1 aliphatic carbocycles. The minimum atomic E-state index is -4.03. The standard InChI is InChI=1S/C16H31F3N2/c1-5-12(6-2)15(21(3)4)11-20-14-9-7-8-13(10-14)16(17,18)19/h12-15,20H,5-11H2,1-4H3. The van der Waals surface area contributed by atoms with Crippen LogP contribution in [0.1, 0.15) is 52.4 Å². The molecule has 0 aromatic rings. The van der Waals surface area contributed by atoms with Gasteiger partial charge in [0.2, 0.25) is 0 Å². The molecule has 1 fully saturated rings. The highest BCUT2D eigenvalue weighted by Gasteiger charge is 2.42. The summed E-state index contributed by atoms with van der Waals surface area (Å²) in [7, 11) is 4.12. The first kappa shape index (κ1) is 18.8. The van der Waals surface area contributed by atoms with Gasteiger partial charge in [-0.3, -0.25) is 0 Å². The highest BCUT2D eigenvalue weighted by molar-refractivity contribution is 4.84. The fourth-order valence-electron chi connectivity index (χ4n) is 3.56. The first-order valence-electron chi connectivity index (χ1n) is 8.26. The van der Waals surface area contributed by atoms with E-state index < -0.39 is 12.1 Å². The van der Waals surface area contributed by atoms with E-state index in [1.807, 2.05) is 0 Å². The SMILES string of the molecule is CCC(CC)C(CNC1CCCC(C(F)(F)F)C1)N(C)C. The molecule has 1 N–H and O–H groups in total. The zero-order chi connectivity index (χ0) is 16.0. The summed E-state index contributed by atoms with van der Waals surface area (Å²) in [6.07, 6.45) is 0.275. The lowest BCUT2D eigenvalue weighted by Crippen LogP contribution is -2.47. The molecule has 5 heteroatoms. The highest BCUT2D eigenvalue weighted by atomic mass is 19.4. The van der Waals surface area contributed by atoms with E-state index in [2.05, 4.69) is 38.2 Å². The van der Waals surface area contributed by atoms with E-state index in [1.165, 1.54) is 0 Å². The van der Waals surface area contributed by atoms with Crippen LogP contribution >= 0.6 is 0 Å². The van der Waals surface area contributed by atoms with Crippen molar-refractivity contribution in [1.82, 2.24) is 10.2 Å². The van der Waals surface area contributed by atoms with E-state index in [0.29, 0.717) is 24.8 Å². The third kappa shape index (κ3) is 5.78. The number of alkyl halides is 3. The zero-order valence-corrected chi connectivity index (χ0v) is 13.8. The number of nitrogens with zero attached hydrogens (tertiary/aromatic N) is 1. The van der Waals surface area contributed by atoms with Gasteiger partial charge in [-0.15, -0.1) is 0 Å². The number of likely N-dealkylation sites (N-methyl/N-ethyl adjacent to an activating group) is 1. The maximum atomic E-state index is 12.8. The van der Waals surface area contributed by atoms with Gasteiger partial charge in [0.05, 0.1) is 5.92 Å². The van der Waals surface area contributed by atoms with Crippen molar-refractivity contribution in [1.29, 1.82) is 0 Å². The lowest BCUT2D eigenvalue weighted by Gasteiger charge is -2.35. The van der Waals surface area contributed by atoms with Crippen LogP contribution in [0.5, 0.6) is 0 Å². The number of hydrogen-bond acceptors (Lipinski definition) is 2. The second-order valence-electron chi connectivity index (χ2n) is 6.62. The monoisotopic (exact) mass is 308 g/mol. The predicted octanol–water partition coefficient (Wildman–Crippen LogP) is 4.06. The minimum absolute atomic E-state index is 0.0159. The molecule has 0 radical (unpaired) electrons. The minimum Gasteiger partial charge on any atom is -0.312 e. The van der Waals surface area contributed by atoms with E-state index in [-0.39, 0.29) is 12.5 Å². The van der Waals surface area contributed by atoms with Crippen molar-refractivity contribution >= 4 is 0 Å². The van der Waals surface area contributed by atoms with Gasteiger partial charge in [0.25, 0.3) is 0 Å². The molecular weight excluding hydrogens is 277 g/mol. The van der Waals surface area contributed by atoms with Crippen LogP contribution < -0.4 is 5.32 Å². The fraction of sp³-hybridized carbons (Fsp3) is 1.00. The molecule has 0 heterocycles. The second kappa shape index (κ2) is 8.37. The van der Waals surface area contributed by atoms with E-state index in [4.69, 9.17) is 0 Å². The van der Waals surface area contributed by atoms with Gasteiger partial charge in [0, 0.05) is 18.6 Å². The maximum absolute atomic E-state index is 12.8. The first-order valence-corrected chi connectivity index (χ1v) is 8.26. The summed E-state index contributed by atoms with van der Waals surface area (Å²) in [5.41, 5.74) is 0. The smallest absolute Gasteiger partial charge is 0.312 e. The normalized spacial score (nSPS) is 25.6. The molecule has 21 heavy (non-hydrogen) atoms. The molecule has 0 spiro atoms. The summed E-state index contributed by atoms with van der Waals surface area (Å²) in [5, 5.41) is 3.41. The second-order valence-corrected chi connectivity index (χ2v) is 6.62. The van der Waals surface area contributed by atoms with Gasteiger partial charge < -0.3 is 10.2 Å². The molecule has 3 unspecified atom stereocenters. The molecule has 1 aliphatic rings. The molecule has 1 rings (SSSR count). The maximum Gasteiger partial charge on any atom is 0.391 e. The Bertz CT molecular complexity index is 288. The zero-order valence-electron chi connectivity index (χ0n) is 13.8. The Morgan fingerprint density at radius 1 is 1.14 bits per heavy atom. The van der Waals surface area contributed by atoms with Gasteiger partial charge in [-0.25, -0.2) is 0 Å². The van der Waals surface area contributed by atoms with E-state index in [1.54, 1.807) is 0 Å². The van der Waals surface area contributed by atoms with Crippen molar-refractivity contribution in [2.75, 3.05) is 20.6 Å². The average Bonchev–Trinajstić information content (AvgIpc) is 2.42. The van der Waals surface area contributed by atoms with Crippen molar-refractivity contribution in [3.05, 3.63) is 0 Å². The van der Waals surface area contributed by atoms with Gasteiger partial charge in [-0.1, -0.05) is 33.1 Å². The Kier molecular flexibility index (Phi) is 7.48. The summed E-state index contributed by atoms with van der Waals surface area (Å²) in [6.45, 7) is 5.16. The first-order chi connectivity index (χ1) is 9.79. The van der Waals surface area contributed by atoms with Crippen LogP contribution in [0.15, 0.2) is 0 Å². The van der Waals surface area contributed by atoms with Gasteiger partial charge in [0.15, 0.2) is 0 Å². The van der Waals surface area contributed by atoms with Crippen molar-refractivity contribution in [3.8, 4) is 0 Å². The molecule has 0 aromatic carbocycles. The summed E-state index contributed by atoms with van der Waals surface area (Å²) in [4.78, 5) is 2.20. The third-order valence-corrected chi connectivity index (χ3v) is 5.01. The van der Waals surface area contributed by atoms with Crippen LogP contribution in [0, 0.1) is 11.8 Å². The summed E-state index contributed by atoms with van der Waals surface area (Å²) >= 11 is 0. The van der Waals surface area contributed by atoms with E-state index in [0.717, 1.165) is 25.8 Å². The largest absolute Gasteiger partial charge is 0.391 e. The van der Waals surface area contributed by atoms with Crippen LogP contribution in [0.25, 0.3) is 0 Å². The number of hydrogen-bond donors (Lipinski definition) is 1. The lowest BCUT2D eigenvalue weighted by atomic mass is 9.85. The molecule has 3 atom stereocenters. The van der Waals surface area contributed by atoms with Crippen LogP contribution in [0.4, 0.5) is 13.2 Å². The fourth-order valence-corrected chi connectivity index (χ4v) is 3.56. The average molecular weight is 308 g/mol. The Hall–Kier alpha value is -0.290.